The van der Waals surface area contributed by atoms with E-state index in [9.17, 15) is 4.79 Å². The van der Waals surface area contributed by atoms with Crippen LogP contribution in [0.3, 0.4) is 0 Å². The Morgan fingerprint density at radius 1 is 1.50 bits per heavy atom. The molecule has 0 radical (unpaired) electrons. The molecule has 0 saturated carbocycles. The lowest BCUT2D eigenvalue weighted by atomic mass is 9.98. The molecule has 0 spiro atoms. The molecule has 3 nitrogen and oxygen atoms in total. The number of nitrogens with zero attached hydrogens (tertiary/aromatic N) is 1. The van der Waals surface area contributed by atoms with Crippen molar-refractivity contribution in [3.63, 3.8) is 0 Å². The van der Waals surface area contributed by atoms with Crippen molar-refractivity contribution in [2.24, 2.45) is 4.99 Å². The zero-order valence-corrected chi connectivity index (χ0v) is 7.82. The molecule has 0 saturated heterocycles. The minimum absolute atomic E-state index is 0.413. The Bertz CT molecular complexity index is 381. The standard InChI is InChI=1S/C11H11NO2/c13-8-12-6-10-3-1-2-9-4-5-14-7-11(9)10/h1-3H,4-7H2. The van der Waals surface area contributed by atoms with Crippen LogP contribution in [0.25, 0.3) is 0 Å². The first kappa shape index (κ1) is 9.13. The molecule has 0 N–H and O–H groups in total. The Labute approximate surface area is 82.4 Å². The highest BCUT2D eigenvalue weighted by molar-refractivity contribution is 5.38. The number of fused-ring (bicyclic) bond motifs is 1. The number of hydrogen-bond acceptors (Lipinski definition) is 3. The maximum Gasteiger partial charge on any atom is 0.235 e. The number of ether oxygens (including phenoxy) is 1. The van der Waals surface area contributed by atoms with Gasteiger partial charge in [0.15, 0.2) is 0 Å². The molecule has 1 aliphatic rings. The van der Waals surface area contributed by atoms with Gasteiger partial charge in [-0.15, -0.1) is 0 Å². The van der Waals surface area contributed by atoms with Gasteiger partial charge in [0.25, 0.3) is 0 Å². The molecule has 0 aromatic heterocycles. The fourth-order valence-corrected chi connectivity index (χ4v) is 1.73. The summed E-state index contributed by atoms with van der Waals surface area (Å²) in [6, 6.07) is 6.08. The van der Waals surface area contributed by atoms with Gasteiger partial charge < -0.3 is 4.74 Å². The maximum absolute atomic E-state index is 10.0. The molecule has 1 aromatic carbocycles. The van der Waals surface area contributed by atoms with Gasteiger partial charge in [0.1, 0.15) is 0 Å². The van der Waals surface area contributed by atoms with Crippen LogP contribution in [-0.4, -0.2) is 12.7 Å². The predicted molar refractivity (Wildman–Crippen MR) is 51.6 cm³/mol. The summed E-state index contributed by atoms with van der Waals surface area (Å²) in [5.41, 5.74) is 3.58. The van der Waals surface area contributed by atoms with Crippen LogP contribution < -0.4 is 0 Å². The van der Waals surface area contributed by atoms with Crippen molar-refractivity contribution < 1.29 is 9.53 Å². The van der Waals surface area contributed by atoms with Gasteiger partial charge in [0.05, 0.1) is 19.8 Å². The molecule has 1 aliphatic heterocycles. The van der Waals surface area contributed by atoms with E-state index in [1.807, 2.05) is 12.1 Å². The maximum atomic E-state index is 10.0. The van der Waals surface area contributed by atoms with E-state index in [0.717, 1.165) is 18.6 Å². The smallest absolute Gasteiger partial charge is 0.235 e. The van der Waals surface area contributed by atoms with Gasteiger partial charge in [-0.3, -0.25) is 0 Å². The molecule has 0 fully saturated rings. The van der Waals surface area contributed by atoms with Crippen molar-refractivity contribution in [2.45, 2.75) is 19.6 Å². The van der Waals surface area contributed by atoms with E-state index in [2.05, 4.69) is 11.1 Å². The number of benzene rings is 1. The molecular formula is C11H11NO2. The number of aliphatic imine (C=N–C) groups is 1. The van der Waals surface area contributed by atoms with E-state index in [-0.39, 0.29) is 0 Å². The topological polar surface area (TPSA) is 38.7 Å². The molecule has 1 aromatic rings. The molecule has 3 heteroatoms. The normalized spacial score (nSPS) is 14.3. The van der Waals surface area contributed by atoms with E-state index in [0.29, 0.717) is 13.2 Å². The van der Waals surface area contributed by atoms with Crippen molar-refractivity contribution in [3.05, 3.63) is 34.9 Å². The second kappa shape index (κ2) is 4.18. The van der Waals surface area contributed by atoms with Crippen LogP contribution in [0, 0.1) is 0 Å². The fraction of sp³-hybridized carbons (Fsp3) is 0.364. The average molecular weight is 189 g/mol. The van der Waals surface area contributed by atoms with Crippen molar-refractivity contribution in [2.75, 3.05) is 6.61 Å². The molecular weight excluding hydrogens is 178 g/mol. The van der Waals surface area contributed by atoms with Gasteiger partial charge >= 0.3 is 0 Å². The fourth-order valence-electron chi connectivity index (χ4n) is 1.73. The zero-order chi connectivity index (χ0) is 9.80. The predicted octanol–water partition coefficient (Wildman–Crippen LogP) is 1.60. The van der Waals surface area contributed by atoms with Crippen LogP contribution in [0.1, 0.15) is 16.7 Å². The summed E-state index contributed by atoms with van der Waals surface area (Å²) in [6.45, 7) is 1.84. The minimum Gasteiger partial charge on any atom is -0.376 e. The summed E-state index contributed by atoms with van der Waals surface area (Å²) < 4.78 is 5.38. The molecule has 0 amide bonds. The quantitative estimate of drug-likeness (QED) is 0.523. The van der Waals surface area contributed by atoms with E-state index >= 15 is 0 Å². The molecule has 0 aliphatic carbocycles. The van der Waals surface area contributed by atoms with Gasteiger partial charge in [-0.2, -0.15) is 0 Å². The highest BCUT2D eigenvalue weighted by Crippen LogP contribution is 2.21. The second-order valence-corrected chi connectivity index (χ2v) is 3.26. The summed E-state index contributed by atoms with van der Waals surface area (Å²) in [7, 11) is 0. The van der Waals surface area contributed by atoms with Gasteiger partial charge in [-0.1, -0.05) is 18.2 Å². The highest BCUT2D eigenvalue weighted by atomic mass is 16.5. The molecule has 0 unspecified atom stereocenters. The SMILES string of the molecule is O=C=NCc1cccc2c1COCC2. The average Bonchev–Trinajstić information content (AvgIpc) is 2.26. The zero-order valence-electron chi connectivity index (χ0n) is 7.82. The third kappa shape index (κ3) is 1.74. The lowest BCUT2D eigenvalue weighted by Crippen LogP contribution is -2.11. The van der Waals surface area contributed by atoms with Gasteiger partial charge in [-0.05, 0) is 23.1 Å². The van der Waals surface area contributed by atoms with E-state index in [1.165, 1.54) is 11.1 Å². The van der Waals surface area contributed by atoms with Gasteiger partial charge in [0.2, 0.25) is 6.08 Å². The summed E-state index contributed by atoms with van der Waals surface area (Å²) >= 11 is 0. The number of carbonyl (C=O) groups excluding carboxylic acids is 1. The summed E-state index contributed by atoms with van der Waals surface area (Å²) in [4.78, 5) is 13.6. The monoisotopic (exact) mass is 189 g/mol. The van der Waals surface area contributed by atoms with Crippen LogP contribution in [0.2, 0.25) is 0 Å². The summed E-state index contributed by atoms with van der Waals surface area (Å²) in [5, 5.41) is 0. The molecule has 1 heterocycles. The number of isocyanates is 1. The van der Waals surface area contributed by atoms with E-state index < -0.39 is 0 Å². The lowest BCUT2D eigenvalue weighted by Gasteiger charge is -2.18. The Balaban J connectivity index is 2.34. The van der Waals surface area contributed by atoms with Crippen LogP contribution >= 0.6 is 0 Å². The number of hydrogen-bond donors (Lipinski definition) is 0. The molecule has 14 heavy (non-hydrogen) atoms. The molecule has 72 valence electrons. The van der Waals surface area contributed by atoms with Crippen molar-refractivity contribution >= 4 is 6.08 Å². The summed E-state index contributed by atoms with van der Waals surface area (Å²) in [6.07, 6.45) is 2.51. The highest BCUT2D eigenvalue weighted by Gasteiger charge is 2.12. The number of rotatable bonds is 2. The van der Waals surface area contributed by atoms with Gasteiger partial charge in [-0.25, -0.2) is 9.79 Å². The van der Waals surface area contributed by atoms with Crippen molar-refractivity contribution in [1.29, 1.82) is 0 Å². The molecule has 0 atom stereocenters. The van der Waals surface area contributed by atoms with Crippen LogP contribution in [0.5, 0.6) is 0 Å². The molecule has 2 rings (SSSR count). The Kier molecular flexibility index (Phi) is 2.73. The van der Waals surface area contributed by atoms with Crippen molar-refractivity contribution in [1.82, 2.24) is 0 Å². The minimum atomic E-state index is 0.413. The van der Waals surface area contributed by atoms with Crippen molar-refractivity contribution in [3.8, 4) is 0 Å². The Hall–Kier alpha value is -1.44. The van der Waals surface area contributed by atoms with E-state index in [1.54, 1.807) is 6.08 Å². The largest absolute Gasteiger partial charge is 0.376 e. The Morgan fingerprint density at radius 2 is 2.43 bits per heavy atom. The second-order valence-electron chi connectivity index (χ2n) is 3.26. The van der Waals surface area contributed by atoms with Crippen LogP contribution in [0.4, 0.5) is 0 Å². The van der Waals surface area contributed by atoms with Gasteiger partial charge in [0, 0.05) is 0 Å². The van der Waals surface area contributed by atoms with Crippen LogP contribution in [-0.2, 0) is 29.1 Å². The van der Waals surface area contributed by atoms with E-state index in [4.69, 9.17) is 4.74 Å². The Morgan fingerprint density at radius 3 is 3.29 bits per heavy atom. The third-order valence-electron chi connectivity index (χ3n) is 2.45. The molecule has 0 bridgehead atoms. The van der Waals surface area contributed by atoms with Crippen LogP contribution in [0.15, 0.2) is 23.2 Å². The first-order valence-corrected chi connectivity index (χ1v) is 4.63. The first-order chi connectivity index (χ1) is 6.92. The lowest BCUT2D eigenvalue weighted by molar-refractivity contribution is 0.110. The first-order valence-electron chi connectivity index (χ1n) is 4.63. The summed E-state index contributed by atoms with van der Waals surface area (Å²) in [5.74, 6) is 0. The third-order valence-corrected chi connectivity index (χ3v) is 2.45.